The molecular weight excluding hydrogens is 546 g/mol. The van der Waals surface area contributed by atoms with Gasteiger partial charge in [-0.05, 0) is 48.9 Å². The van der Waals surface area contributed by atoms with Crippen molar-refractivity contribution in [1.29, 1.82) is 0 Å². The van der Waals surface area contributed by atoms with E-state index in [1.54, 1.807) is 54.3 Å². The summed E-state index contributed by atoms with van der Waals surface area (Å²) in [7, 11) is 0. The Morgan fingerprint density at radius 2 is 1.70 bits per heavy atom. The number of carboxylic acid groups (broad SMARTS) is 1. The van der Waals surface area contributed by atoms with Crippen LogP contribution in [0.2, 0.25) is 5.02 Å². The molecule has 0 saturated heterocycles. The number of halogens is 3. The van der Waals surface area contributed by atoms with E-state index in [-0.39, 0.29) is 35.1 Å². The highest BCUT2D eigenvalue weighted by molar-refractivity contribution is 6.32. The summed E-state index contributed by atoms with van der Waals surface area (Å²) < 4.78 is 39.0. The first-order valence-corrected chi connectivity index (χ1v) is 12.3. The third kappa shape index (κ3) is 7.03. The minimum absolute atomic E-state index is 0.0335. The maximum absolute atomic E-state index is 14.5. The van der Waals surface area contributed by atoms with Crippen LogP contribution in [0.3, 0.4) is 0 Å². The molecule has 0 unspecified atom stereocenters. The van der Waals surface area contributed by atoms with Crippen LogP contribution in [0.15, 0.2) is 78.9 Å². The molecule has 0 aromatic heterocycles. The van der Waals surface area contributed by atoms with E-state index in [1.165, 1.54) is 24.3 Å². The smallest absolute Gasteiger partial charge is 0.274 e. The largest absolute Gasteiger partial charge is 0.546 e. The first-order valence-electron chi connectivity index (χ1n) is 11.9. The van der Waals surface area contributed by atoms with Gasteiger partial charge in [0.2, 0.25) is 0 Å². The highest BCUT2D eigenvalue weighted by Crippen LogP contribution is 2.33. The molecular formula is C29H22ClF2N2O6-. The lowest BCUT2D eigenvalue weighted by Crippen LogP contribution is -2.28. The summed E-state index contributed by atoms with van der Waals surface area (Å²) in [6.07, 6.45) is 0. The van der Waals surface area contributed by atoms with Crippen LogP contribution in [0.1, 0.15) is 16.7 Å². The molecule has 0 saturated carbocycles. The van der Waals surface area contributed by atoms with E-state index in [2.05, 4.69) is 0 Å². The number of nitro groups is 1. The SMILES string of the molecule is Cc1c(N(Cc2ccc(Oc3ccc(Cl)c(OCC(=O)[O-])c3)cc2)Cc2ccc(F)cc2F)cccc1[N+](=O)[O-]. The third-order valence-electron chi connectivity index (χ3n) is 5.97. The standard InChI is InChI=1S/C29H23ClF2N2O6/c1-18-26(3-2-4-27(18)34(37)38)33(16-20-7-8-21(31)13-25(20)32)15-19-5-9-22(10-6-19)40-23-11-12-24(30)28(14-23)39-17-29(35)36/h2-14H,15-17H2,1H3,(H,35,36)/p-1. The van der Waals surface area contributed by atoms with Crippen LogP contribution in [0.25, 0.3) is 0 Å². The van der Waals surface area contributed by atoms with Gasteiger partial charge in [0.15, 0.2) is 0 Å². The summed E-state index contributed by atoms with van der Waals surface area (Å²) in [6.45, 7) is 1.24. The van der Waals surface area contributed by atoms with Crippen molar-refractivity contribution >= 4 is 28.9 Å². The molecule has 40 heavy (non-hydrogen) atoms. The molecule has 0 amide bonds. The minimum Gasteiger partial charge on any atom is -0.546 e. The number of nitro benzene ring substituents is 1. The summed E-state index contributed by atoms with van der Waals surface area (Å²) >= 11 is 6.04. The third-order valence-corrected chi connectivity index (χ3v) is 6.28. The van der Waals surface area contributed by atoms with Crippen LogP contribution in [-0.4, -0.2) is 17.5 Å². The molecule has 206 valence electrons. The number of hydrogen-bond acceptors (Lipinski definition) is 7. The predicted molar refractivity (Wildman–Crippen MR) is 143 cm³/mol. The van der Waals surface area contributed by atoms with Crippen molar-refractivity contribution in [2.24, 2.45) is 0 Å². The van der Waals surface area contributed by atoms with E-state index in [0.717, 1.165) is 17.7 Å². The number of carboxylic acids is 1. The van der Waals surface area contributed by atoms with Crippen LogP contribution in [0, 0.1) is 28.7 Å². The zero-order chi connectivity index (χ0) is 28.8. The maximum atomic E-state index is 14.5. The minimum atomic E-state index is -1.39. The Morgan fingerprint density at radius 3 is 2.38 bits per heavy atom. The first kappa shape index (κ1) is 28.3. The van der Waals surface area contributed by atoms with Crippen LogP contribution >= 0.6 is 11.6 Å². The van der Waals surface area contributed by atoms with Gasteiger partial charge in [0, 0.05) is 42.5 Å². The zero-order valence-corrected chi connectivity index (χ0v) is 21.9. The van der Waals surface area contributed by atoms with Crippen molar-refractivity contribution in [2.75, 3.05) is 11.5 Å². The average molecular weight is 568 g/mol. The van der Waals surface area contributed by atoms with E-state index in [4.69, 9.17) is 21.1 Å². The molecule has 0 fully saturated rings. The Morgan fingerprint density at radius 1 is 0.975 bits per heavy atom. The fourth-order valence-electron chi connectivity index (χ4n) is 4.05. The van der Waals surface area contributed by atoms with Gasteiger partial charge < -0.3 is 24.3 Å². The van der Waals surface area contributed by atoms with E-state index in [0.29, 0.717) is 22.7 Å². The monoisotopic (exact) mass is 567 g/mol. The van der Waals surface area contributed by atoms with Crippen molar-refractivity contribution in [1.82, 2.24) is 0 Å². The number of anilines is 1. The van der Waals surface area contributed by atoms with E-state index >= 15 is 0 Å². The predicted octanol–water partition coefficient (Wildman–Crippen LogP) is 5.96. The highest BCUT2D eigenvalue weighted by Gasteiger charge is 2.20. The summed E-state index contributed by atoms with van der Waals surface area (Å²) in [6, 6.07) is 19.5. The van der Waals surface area contributed by atoms with Crippen molar-refractivity contribution < 1.29 is 33.1 Å². The lowest BCUT2D eigenvalue weighted by Gasteiger charge is -2.27. The number of carbonyl (C=O) groups is 1. The lowest BCUT2D eigenvalue weighted by atomic mass is 10.1. The van der Waals surface area contributed by atoms with Crippen LogP contribution < -0.4 is 19.5 Å². The Balaban J connectivity index is 1.57. The highest BCUT2D eigenvalue weighted by atomic mass is 35.5. The number of nitrogens with zero attached hydrogens (tertiary/aromatic N) is 2. The molecule has 0 heterocycles. The van der Waals surface area contributed by atoms with E-state index < -0.39 is 29.1 Å². The second kappa shape index (κ2) is 12.4. The zero-order valence-electron chi connectivity index (χ0n) is 21.1. The van der Waals surface area contributed by atoms with Gasteiger partial charge in [-0.2, -0.15) is 0 Å². The van der Waals surface area contributed by atoms with Crippen molar-refractivity contribution in [3.8, 4) is 17.2 Å². The number of rotatable bonds is 11. The number of benzene rings is 4. The number of hydrogen-bond donors (Lipinski definition) is 0. The van der Waals surface area contributed by atoms with Gasteiger partial charge in [-0.15, -0.1) is 0 Å². The molecule has 0 bridgehead atoms. The second-order valence-corrected chi connectivity index (χ2v) is 9.18. The Bertz CT molecular complexity index is 1550. The topological polar surface area (TPSA) is 105 Å². The summed E-state index contributed by atoms with van der Waals surface area (Å²) in [5.41, 5.74) is 1.89. The molecule has 0 radical (unpaired) electrons. The Labute approximate surface area is 233 Å². The second-order valence-electron chi connectivity index (χ2n) is 8.77. The molecule has 0 aliphatic heterocycles. The van der Waals surface area contributed by atoms with Crippen molar-refractivity contribution in [2.45, 2.75) is 20.0 Å². The van der Waals surface area contributed by atoms with Gasteiger partial charge in [-0.25, -0.2) is 8.78 Å². The van der Waals surface area contributed by atoms with Crippen LogP contribution in [0.4, 0.5) is 20.2 Å². The first-order chi connectivity index (χ1) is 19.1. The van der Waals surface area contributed by atoms with Crippen molar-refractivity contribution in [3.63, 3.8) is 0 Å². The fraction of sp³-hybridized carbons (Fsp3) is 0.138. The molecule has 11 heteroatoms. The molecule has 0 spiro atoms. The molecule has 0 atom stereocenters. The Hall–Kier alpha value is -4.70. The van der Waals surface area contributed by atoms with E-state index in [1.807, 2.05) is 0 Å². The molecule has 4 rings (SSSR count). The molecule has 4 aromatic rings. The number of aliphatic carboxylic acids is 1. The van der Waals surface area contributed by atoms with Gasteiger partial charge >= 0.3 is 0 Å². The van der Waals surface area contributed by atoms with Gasteiger partial charge in [0.1, 0.15) is 35.5 Å². The molecule has 8 nitrogen and oxygen atoms in total. The molecule has 0 aliphatic carbocycles. The fourth-order valence-corrected chi connectivity index (χ4v) is 4.22. The average Bonchev–Trinajstić information content (AvgIpc) is 2.91. The van der Waals surface area contributed by atoms with Gasteiger partial charge in [0.25, 0.3) is 5.69 Å². The summed E-state index contributed by atoms with van der Waals surface area (Å²) in [5, 5.41) is 22.4. The van der Waals surface area contributed by atoms with Crippen LogP contribution in [-0.2, 0) is 17.9 Å². The van der Waals surface area contributed by atoms with Crippen LogP contribution in [0.5, 0.6) is 17.2 Å². The molecule has 4 aromatic carbocycles. The number of ether oxygens (including phenoxy) is 2. The summed E-state index contributed by atoms with van der Waals surface area (Å²) in [4.78, 5) is 23.5. The molecule has 0 aliphatic rings. The van der Waals surface area contributed by atoms with Crippen molar-refractivity contribution in [3.05, 3.63) is 122 Å². The van der Waals surface area contributed by atoms with E-state index in [9.17, 15) is 28.8 Å². The quantitative estimate of drug-likeness (QED) is 0.163. The van der Waals surface area contributed by atoms with Gasteiger partial charge in [0.05, 0.1) is 21.5 Å². The Kier molecular flexibility index (Phi) is 8.80. The van der Waals surface area contributed by atoms with Gasteiger partial charge in [-0.1, -0.05) is 35.9 Å². The summed E-state index contributed by atoms with van der Waals surface area (Å²) in [5.74, 6) is -1.88. The lowest BCUT2D eigenvalue weighted by molar-refractivity contribution is -0.385. The molecule has 0 N–H and O–H groups in total. The van der Waals surface area contributed by atoms with Gasteiger partial charge in [-0.3, -0.25) is 10.1 Å². The number of carbonyl (C=O) groups excluding carboxylic acids is 1. The normalized spacial score (nSPS) is 10.7. The maximum Gasteiger partial charge on any atom is 0.274 e.